The quantitative estimate of drug-likeness (QED) is 0.755. The van der Waals surface area contributed by atoms with Gasteiger partial charge >= 0.3 is 5.97 Å². The molecule has 0 aliphatic carbocycles. The van der Waals surface area contributed by atoms with Gasteiger partial charge in [-0.2, -0.15) is 0 Å². The second-order valence-corrected chi connectivity index (χ2v) is 4.31. The third-order valence-corrected chi connectivity index (χ3v) is 3.30. The van der Waals surface area contributed by atoms with Crippen molar-refractivity contribution in [2.75, 3.05) is 13.6 Å². The largest absolute Gasteiger partial charge is 0.481 e. The van der Waals surface area contributed by atoms with Crippen LogP contribution in [0.25, 0.3) is 0 Å². The minimum absolute atomic E-state index is 0.336. The molecule has 1 heterocycles. The van der Waals surface area contributed by atoms with E-state index in [0.29, 0.717) is 18.4 Å². The zero-order valence-corrected chi connectivity index (χ0v) is 9.20. The molecule has 0 bridgehead atoms. The first-order valence-corrected chi connectivity index (χ1v) is 5.57. The highest BCUT2D eigenvalue weighted by atomic mass is 16.4. The van der Waals surface area contributed by atoms with Crippen molar-refractivity contribution in [1.82, 2.24) is 4.90 Å². The van der Waals surface area contributed by atoms with E-state index in [4.69, 9.17) is 5.11 Å². The maximum absolute atomic E-state index is 10.7. The Morgan fingerprint density at radius 2 is 2.21 bits per heavy atom. The predicted octanol–water partition coefficient (Wildman–Crippen LogP) is 1.97. The Morgan fingerprint density at radius 1 is 1.50 bits per heavy atom. The van der Waals surface area contributed by atoms with E-state index in [9.17, 15) is 4.79 Å². The molecule has 0 aromatic rings. The Kier molecular flexibility index (Phi) is 4.39. The van der Waals surface area contributed by atoms with Crippen LogP contribution in [0.15, 0.2) is 0 Å². The average molecular weight is 199 g/mol. The lowest BCUT2D eigenvalue weighted by Crippen LogP contribution is -2.37. The van der Waals surface area contributed by atoms with Crippen molar-refractivity contribution in [1.29, 1.82) is 0 Å². The lowest BCUT2D eigenvalue weighted by molar-refractivity contribution is -0.138. The van der Waals surface area contributed by atoms with Gasteiger partial charge in [-0.25, -0.2) is 0 Å². The number of carbonyl (C=O) groups is 1. The molecule has 3 nitrogen and oxygen atoms in total. The molecule has 0 radical (unpaired) electrons. The van der Waals surface area contributed by atoms with Gasteiger partial charge in [0.1, 0.15) is 0 Å². The molecule has 1 aliphatic rings. The van der Waals surface area contributed by atoms with Gasteiger partial charge in [0.15, 0.2) is 0 Å². The molecule has 0 amide bonds. The van der Waals surface area contributed by atoms with Crippen LogP contribution in [0.1, 0.15) is 39.0 Å². The van der Waals surface area contributed by atoms with Crippen molar-refractivity contribution in [3.8, 4) is 0 Å². The summed E-state index contributed by atoms with van der Waals surface area (Å²) in [6.07, 6.45) is 4.87. The van der Waals surface area contributed by atoms with Gasteiger partial charge in [0.05, 0.1) is 0 Å². The highest BCUT2D eigenvalue weighted by molar-refractivity contribution is 5.67. The lowest BCUT2D eigenvalue weighted by Gasteiger charge is -2.30. The minimum atomic E-state index is -0.649. The summed E-state index contributed by atoms with van der Waals surface area (Å²) >= 11 is 0. The number of nitrogens with zero attached hydrogens (tertiary/aromatic N) is 1. The van der Waals surface area contributed by atoms with Crippen LogP contribution in [0.4, 0.5) is 0 Å². The van der Waals surface area contributed by atoms with Gasteiger partial charge < -0.3 is 10.0 Å². The van der Waals surface area contributed by atoms with E-state index in [1.807, 2.05) is 0 Å². The molecule has 82 valence electrons. The fourth-order valence-electron chi connectivity index (χ4n) is 2.59. The van der Waals surface area contributed by atoms with Gasteiger partial charge in [-0.05, 0) is 38.8 Å². The maximum atomic E-state index is 10.7. The summed E-state index contributed by atoms with van der Waals surface area (Å²) in [7, 11) is 2.12. The number of carboxylic acid groups (broad SMARTS) is 1. The Hall–Kier alpha value is -0.570. The molecule has 1 rings (SSSR count). The molecule has 14 heavy (non-hydrogen) atoms. The standard InChI is InChI=1S/C11H21NO2/c1-3-10-9(8-11(13)14)6-4-5-7-12(10)2/h9-10H,3-8H2,1-2H3,(H,13,14)/t9-,10-/m1/s1. The van der Waals surface area contributed by atoms with Crippen LogP contribution in [0.2, 0.25) is 0 Å². The van der Waals surface area contributed by atoms with Crippen LogP contribution in [-0.4, -0.2) is 35.6 Å². The molecule has 2 atom stereocenters. The normalized spacial score (nSPS) is 29.9. The molecule has 1 N–H and O–H groups in total. The van der Waals surface area contributed by atoms with Gasteiger partial charge in [0.2, 0.25) is 0 Å². The molecule has 0 spiro atoms. The maximum Gasteiger partial charge on any atom is 0.303 e. The molecule has 0 saturated carbocycles. The van der Waals surface area contributed by atoms with Crippen molar-refractivity contribution in [2.24, 2.45) is 5.92 Å². The zero-order valence-electron chi connectivity index (χ0n) is 9.20. The Bertz CT molecular complexity index is 194. The van der Waals surface area contributed by atoms with Crippen LogP contribution in [0.5, 0.6) is 0 Å². The fraction of sp³-hybridized carbons (Fsp3) is 0.909. The molecular weight excluding hydrogens is 178 g/mol. The van der Waals surface area contributed by atoms with Crippen LogP contribution in [0.3, 0.4) is 0 Å². The number of aliphatic carboxylic acids is 1. The second kappa shape index (κ2) is 5.35. The predicted molar refractivity (Wildman–Crippen MR) is 56.3 cm³/mol. The van der Waals surface area contributed by atoms with Gasteiger partial charge in [0, 0.05) is 12.5 Å². The van der Waals surface area contributed by atoms with Crippen LogP contribution < -0.4 is 0 Å². The smallest absolute Gasteiger partial charge is 0.303 e. The van der Waals surface area contributed by atoms with Crippen molar-refractivity contribution >= 4 is 5.97 Å². The second-order valence-electron chi connectivity index (χ2n) is 4.31. The number of likely N-dealkylation sites (tertiary alicyclic amines) is 1. The molecule has 0 unspecified atom stereocenters. The summed E-state index contributed by atoms with van der Waals surface area (Å²) < 4.78 is 0. The molecule has 0 aromatic carbocycles. The number of carboxylic acids is 1. The van der Waals surface area contributed by atoms with E-state index in [-0.39, 0.29) is 0 Å². The molecule has 0 aromatic heterocycles. The summed E-state index contributed by atoms with van der Waals surface area (Å²) in [5, 5.41) is 8.84. The molecule has 1 fully saturated rings. The summed E-state index contributed by atoms with van der Waals surface area (Å²) in [4.78, 5) is 13.1. The summed E-state index contributed by atoms with van der Waals surface area (Å²) in [5.74, 6) is -0.297. The lowest BCUT2D eigenvalue weighted by atomic mass is 9.90. The van der Waals surface area contributed by atoms with E-state index in [1.54, 1.807) is 0 Å². The van der Waals surface area contributed by atoms with E-state index < -0.39 is 5.97 Å². The first-order valence-electron chi connectivity index (χ1n) is 5.57. The van der Waals surface area contributed by atoms with Crippen LogP contribution in [0, 0.1) is 5.92 Å². The van der Waals surface area contributed by atoms with Crippen molar-refractivity contribution in [3.63, 3.8) is 0 Å². The monoisotopic (exact) mass is 199 g/mol. The SMILES string of the molecule is CC[C@@H]1[C@@H](CC(=O)O)CCCCN1C. The molecular formula is C11H21NO2. The van der Waals surface area contributed by atoms with Crippen molar-refractivity contribution in [3.05, 3.63) is 0 Å². The highest BCUT2D eigenvalue weighted by Crippen LogP contribution is 2.26. The third kappa shape index (κ3) is 2.98. The van der Waals surface area contributed by atoms with Gasteiger partial charge in [-0.15, -0.1) is 0 Å². The molecule has 1 saturated heterocycles. The molecule has 1 aliphatic heterocycles. The van der Waals surface area contributed by atoms with Crippen molar-refractivity contribution in [2.45, 2.75) is 45.1 Å². The highest BCUT2D eigenvalue weighted by Gasteiger charge is 2.27. The first-order chi connectivity index (χ1) is 6.65. The first kappa shape index (κ1) is 11.5. The summed E-state index contributed by atoms with van der Waals surface area (Å²) in [6, 6.07) is 0.466. The fourth-order valence-corrected chi connectivity index (χ4v) is 2.59. The number of hydrogen-bond acceptors (Lipinski definition) is 2. The topological polar surface area (TPSA) is 40.5 Å². The van der Waals surface area contributed by atoms with E-state index in [1.165, 1.54) is 12.8 Å². The Morgan fingerprint density at radius 3 is 2.79 bits per heavy atom. The zero-order chi connectivity index (χ0) is 10.6. The van der Waals surface area contributed by atoms with E-state index in [2.05, 4.69) is 18.9 Å². The summed E-state index contributed by atoms with van der Waals surface area (Å²) in [6.45, 7) is 3.27. The number of rotatable bonds is 3. The Labute approximate surface area is 86.1 Å². The van der Waals surface area contributed by atoms with E-state index >= 15 is 0 Å². The summed E-state index contributed by atoms with van der Waals surface area (Å²) in [5.41, 5.74) is 0. The van der Waals surface area contributed by atoms with Crippen molar-refractivity contribution < 1.29 is 9.90 Å². The Balaban J connectivity index is 2.61. The van der Waals surface area contributed by atoms with Crippen LogP contribution in [-0.2, 0) is 4.79 Å². The average Bonchev–Trinajstić information content (AvgIpc) is 2.27. The van der Waals surface area contributed by atoms with Gasteiger partial charge in [-0.1, -0.05) is 13.3 Å². The van der Waals surface area contributed by atoms with Crippen LogP contribution >= 0.6 is 0 Å². The molecule has 3 heteroatoms. The van der Waals surface area contributed by atoms with Gasteiger partial charge in [0.25, 0.3) is 0 Å². The van der Waals surface area contributed by atoms with Gasteiger partial charge in [-0.3, -0.25) is 4.79 Å². The number of hydrogen-bond donors (Lipinski definition) is 1. The minimum Gasteiger partial charge on any atom is -0.481 e. The van der Waals surface area contributed by atoms with E-state index in [0.717, 1.165) is 19.4 Å². The third-order valence-electron chi connectivity index (χ3n) is 3.30.